The first kappa shape index (κ1) is 21.1. The first-order chi connectivity index (χ1) is 13.5. The van der Waals surface area contributed by atoms with Crippen LogP contribution in [0.2, 0.25) is 5.02 Å². The van der Waals surface area contributed by atoms with Gasteiger partial charge in [-0.2, -0.15) is 10.4 Å². The van der Waals surface area contributed by atoms with Crippen molar-refractivity contribution >= 4 is 28.9 Å². The van der Waals surface area contributed by atoms with Crippen LogP contribution >= 0.6 is 11.6 Å². The summed E-state index contributed by atoms with van der Waals surface area (Å²) >= 11 is 6.10. The van der Waals surface area contributed by atoms with Crippen LogP contribution in [-0.2, 0) is 11.2 Å². The Labute approximate surface area is 168 Å². The van der Waals surface area contributed by atoms with Gasteiger partial charge in [-0.15, -0.1) is 0 Å². The van der Waals surface area contributed by atoms with Crippen LogP contribution in [0.15, 0.2) is 41.5 Å². The summed E-state index contributed by atoms with van der Waals surface area (Å²) in [7, 11) is 3.13. The normalized spacial score (nSPS) is 10.8. The molecule has 7 nitrogen and oxygen atoms in total. The molecule has 0 atom stereocenters. The summed E-state index contributed by atoms with van der Waals surface area (Å²) in [5.41, 5.74) is 4.82. The number of carbonyl (C=O) groups is 1. The number of hydrogen-bond acceptors (Lipinski definition) is 6. The summed E-state index contributed by atoms with van der Waals surface area (Å²) in [4.78, 5) is 12.2. The van der Waals surface area contributed by atoms with Gasteiger partial charge >= 0.3 is 0 Å². The van der Waals surface area contributed by atoms with Crippen molar-refractivity contribution in [3.63, 3.8) is 0 Å². The standard InChI is InChI=1S/C20H21ClN4O3/c1-13-4-6-16(15(21)10-13)24-25-17(12-22)20(26)23-9-8-14-5-7-18(27-2)19(11-14)28-3/h4-7,10-11,24H,8-9H2,1-3H3,(H,23,26)/b25-17+. The second-order valence-corrected chi connectivity index (χ2v) is 6.27. The molecule has 0 bridgehead atoms. The Kier molecular flexibility index (Phi) is 7.66. The van der Waals surface area contributed by atoms with Crippen molar-refractivity contribution in [2.75, 3.05) is 26.2 Å². The molecule has 2 aromatic carbocycles. The molecule has 0 fully saturated rings. The molecule has 1 amide bonds. The molecule has 0 spiro atoms. The number of hydrazone groups is 1. The molecule has 2 N–H and O–H groups in total. The van der Waals surface area contributed by atoms with Crippen LogP contribution < -0.4 is 20.2 Å². The lowest BCUT2D eigenvalue weighted by atomic mass is 10.1. The summed E-state index contributed by atoms with van der Waals surface area (Å²) in [6, 6.07) is 12.6. The van der Waals surface area contributed by atoms with Crippen LogP contribution in [0.25, 0.3) is 0 Å². The van der Waals surface area contributed by atoms with Crippen molar-refractivity contribution in [2.45, 2.75) is 13.3 Å². The zero-order chi connectivity index (χ0) is 20.5. The predicted octanol–water partition coefficient (Wildman–Crippen LogP) is 3.32. The Morgan fingerprint density at radius 1 is 1.18 bits per heavy atom. The maximum Gasteiger partial charge on any atom is 0.282 e. The molecule has 0 aliphatic heterocycles. The summed E-state index contributed by atoms with van der Waals surface area (Å²) in [5.74, 6) is 0.679. The van der Waals surface area contributed by atoms with Crippen LogP contribution in [0.5, 0.6) is 11.5 Å². The first-order valence-electron chi connectivity index (χ1n) is 8.47. The van der Waals surface area contributed by atoms with E-state index in [2.05, 4.69) is 15.8 Å². The molecule has 28 heavy (non-hydrogen) atoms. The van der Waals surface area contributed by atoms with Crippen molar-refractivity contribution in [3.05, 3.63) is 52.5 Å². The third-order valence-corrected chi connectivity index (χ3v) is 4.19. The largest absolute Gasteiger partial charge is 0.493 e. The minimum atomic E-state index is -0.571. The van der Waals surface area contributed by atoms with Gasteiger partial charge in [-0.1, -0.05) is 23.7 Å². The van der Waals surface area contributed by atoms with E-state index < -0.39 is 5.91 Å². The minimum Gasteiger partial charge on any atom is -0.493 e. The Bertz CT molecular complexity index is 922. The van der Waals surface area contributed by atoms with Crippen LogP contribution in [0, 0.1) is 18.3 Å². The van der Waals surface area contributed by atoms with E-state index in [0.717, 1.165) is 11.1 Å². The highest BCUT2D eigenvalue weighted by molar-refractivity contribution is 6.45. The Morgan fingerprint density at radius 2 is 1.93 bits per heavy atom. The topological polar surface area (TPSA) is 95.7 Å². The number of rotatable bonds is 8. The van der Waals surface area contributed by atoms with Gasteiger partial charge in [0.15, 0.2) is 11.5 Å². The second-order valence-electron chi connectivity index (χ2n) is 5.86. The smallest absolute Gasteiger partial charge is 0.282 e. The Morgan fingerprint density at radius 3 is 2.57 bits per heavy atom. The predicted molar refractivity (Wildman–Crippen MR) is 109 cm³/mol. The van der Waals surface area contributed by atoms with E-state index in [-0.39, 0.29) is 5.71 Å². The van der Waals surface area contributed by atoms with Gasteiger partial charge in [0.25, 0.3) is 5.91 Å². The van der Waals surface area contributed by atoms with Gasteiger partial charge < -0.3 is 14.8 Å². The lowest BCUT2D eigenvalue weighted by Crippen LogP contribution is -2.32. The van der Waals surface area contributed by atoms with Crippen LogP contribution in [0.1, 0.15) is 11.1 Å². The van der Waals surface area contributed by atoms with Gasteiger partial charge in [0.05, 0.1) is 24.9 Å². The first-order valence-corrected chi connectivity index (χ1v) is 8.85. The monoisotopic (exact) mass is 400 g/mol. The highest BCUT2D eigenvalue weighted by Gasteiger charge is 2.11. The van der Waals surface area contributed by atoms with Crippen LogP contribution in [-0.4, -0.2) is 32.4 Å². The summed E-state index contributed by atoms with van der Waals surface area (Å²) < 4.78 is 10.5. The number of methoxy groups -OCH3 is 2. The quantitative estimate of drug-likeness (QED) is 0.523. The molecule has 2 rings (SSSR count). The number of benzene rings is 2. The lowest BCUT2D eigenvalue weighted by molar-refractivity contribution is -0.114. The van der Waals surface area contributed by atoms with E-state index in [9.17, 15) is 10.1 Å². The highest BCUT2D eigenvalue weighted by Crippen LogP contribution is 2.27. The van der Waals surface area contributed by atoms with Gasteiger partial charge in [0.1, 0.15) is 6.07 Å². The molecule has 8 heteroatoms. The molecular weight excluding hydrogens is 380 g/mol. The zero-order valence-corrected chi connectivity index (χ0v) is 16.6. The molecule has 2 aromatic rings. The third-order valence-electron chi connectivity index (χ3n) is 3.88. The van der Waals surface area contributed by atoms with E-state index >= 15 is 0 Å². The molecule has 0 radical (unpaired) electrons. The number of aryl methyl sites for hydroxylation is 1. The van der Waals surface area contributed by atoms with Gasteiger partial charge in [-0.05, 0) is 48.7 Å². The highest BCUT2D eigenvalue weighted by atomic mass is 35.5. The van der Waals surface area contributed by atoms with Crippen molar-refractivity contribution in [3.8, 4) is 17.6 Å². The summed E-state index contributed by atoms with van der Waals surface area (Å²) in [5, 5.41) is 16.2. The minimum absolute atomic E-state index is 0.288. The molecule has 0 unspecified atom stereocenters. The number of anilines is 1. The number of amides is 1. The number of nitrogens with one attached hydrogen (secondary N) is 2. The van der Waals surface area contributed by atoms with Crippen molar-refractivity contribution in [2.24, 2.45) is 5.10 Å². The fourth-order valence-electron chi connectivity index (χ4n) is 2.39. The lowest BCUT2D eigenvalue weighted by Gasteiger charge is -2.10. The number of carbonyl (C=O) groups excluding carboxylic acids is 1. The van der Waals surface area contributed by atoms with Gasteiger partial charge in [-0.25, -0.2) is 0 Å². The average Bonchev–Trinajstić information content (AvgIpc) is 2.69. The van der Waals surface area contributed by atoms with E-state index in [0.29, 0.717) is 35.2 Å². The van der Waals surface area contributed by atoms with E-state index in [4.69, 9.17) is 21.1 Å². The molecule has 146 valence electrons. The Balaban J connectivity index is 1.94. The SMILES string of the molecule is COc1ccc(CCNC(=O)/C(C#N)=N/Nc2ccc(C)cc2Cl)cc1OC. The average molecular weight is 401 g/mol. The van der Waals surface area contributed by atoms with Gasteiger partial charge in [0.2, 0.25) is 5.71 Å². The molecule has 0 aliphatic rings. The second kappa shape index (κ2) is 10.2. The Hall–Kier alpha value is -3.24. The number of nitrogens with zero attached hydrogens (tertiary/aromatic N) is 2. The van der Waals surface area contributed by atoms with E-state index in [1.54, 1.807) is 38.5 Å². The molecular formula is C20H21ClN4O3. The third kappa shape index (κ3) is 5.63. The number of halogens is 1. The molecule has 0 saturated carbocycles. The molecule has 0 aliphatic carbocycles. The number of ether oxygens (including phenoxy) is 2. The summed E-state index contributed by atoms with van der Waals surface area (Å²) in [6.07, 6.45) is 0.558. The van der Waals surface area contributed by atoms with E-state index in [1.807, 2.05) is 25.1 Å². The fraction of sp³-hybridized carbons (Fsp3) is 0.250. The fourth-order valence-corrected chi connectivity index (χ4v) is 2.67. The van der Waals surface area contributed by atoms with Crippen LogP contribution in [0.3, 0.4) is 0 Å². The molecule has 0 heterocycles. The van der Waals surface area contributed by atoms with E-state index in [1.165, 1.54) is 0 Å². The van der Waals surface area contributed by atoms with Gasteiger partial charge in [-0.3, -0.25) is 10.2 Å². The van der Waals surface area contributed by atoms with Crippen LogP contribution in [0.4, 0.5) is 5.69 Å². The van der Waals surface area contributed by atoms with Gasteiger partial charge in [0, 0.05) is 6.54 Å². The van der Waals surface area contributed by atoms with Crippen molar-refractivity contribution in [1.29, 1.82) is 5.26 Å². The molecule has 0 aromatic heterocycles. The summed E-state index contributed by atoms with van der Waals surface area (Å²) in [6.45, 7) is 2.24. The number of nitriles is 1. The van der Waals surface area contributed by atoms with Crippen molar-refractivity contribution < 1.29 is 14.3 Å². The maximum absolute atomic E-state index is 12.2. The number of hydrogen-bond donors (Lipinski definition) is 2. The maximum atomic E-state index is 12.2. The molecule has 0 saturated heterocycles. The zero-order valence-electron chi connectivity index (χ0n) is 15.9. The van der Waals surface area contributed by atoms with Crippen molar-refractivity contribution in [1.82, 2.24) is 5.32 Å².